The third-order valence-electron chi connectivity index (χ3n) is 1.99. The molecule has 2 rings (SSSR count). The summed E-state index contributed by atoms with van der Waals surface area (Å²) in [5.74, 6) is 0. The number of nitrogens with zero attached hydrogens (tertiary/aromatic N) is 5. The van der Waals surface area contributed by atoms with E-state index in [1.807, 2.05) is 12.1 Å². The molecule has 5 heteroatoms. The lowest BCUT2D eigenvalue weighted by molar-refractivity contribution is 0.736. The van der Waals surface area contributed by atoms with Crippen molar-refractivity contribution in [3.8, 4) is 12.1 Å². The second-order valence-electron chi connectivity index (χ2n) is 2.82. The number of rotatable bonds is 0. The van der Waals surface area contributed by atoms with Crippen LogP contribution in [0.2, 0.25) is 0 Å². The van der Waals surface area contributed by atoms with Crippen LogP contribution in [-0.2, 0) is 7.05 Å². The molecule has 0 spiro atoms. The van der Waals surface area contributed by atoms with Crippen LogP contribution in [0.5, 0.6) is 0 Å². The lowest BCUT2D eigenvalue weighted by Gasteiger charge is -1.94. The molecule has 5 nitrogen and oxygen atoms in total. The van der Waals surface area contributed by atoms with Gasteiger partial charge in [-0.3, -0.25) is 0 Å². The van der Waals surface area contributed by atoms with Gasteiger partial charge >= 0.3 is 0 Å². The van der Waals surface area contributed by atoms with Gasteiger partial charge in [-0.05, 0) is 12.1 Å². The number of aryl methyl sites for hydroxylation is 1. The van der Waals surface area contributed by atoms with Crippen molar-refractivity contribution in [3.05, 3.63) is 23.3 Å². The van der Waals surface area contributed by atoms with E-state index in [-0.39, 0.29) is 0 Å². The highest BCUT2D eigenvalue weighted by atomic mass is 15.4. The molecular weight excluding hydrogens is 178 g/mol. The summed E-state index contributed by atoms with van der Waals surface area (Å²) < 4.78 is 1.57. The van der Waals surface area contributed by atoms with E-state index in [0.29, 0.717) is 16.6 Å². The number of benzene rings is 1. The van der Waals surface area contributed by atoms with Gasteiger partial charge in [0.05, 0.1) is 16.6 Å². The first-order valence-corrected chi connectivity index (χ1v) is 3.90. The summed E-state index contributed by atoms with van der Waals surface area (Å²) in [6, 6.07) is 7.10. The van der Waals surface area contributed by atoms with Crippen molar-refractivity contribution < 1.29 is 0 Å². The summed E-state index contributed by atoms with van der Waals surface area (Å²) in [5, 5.41) is 25.2. The Bertz CT molecular complexity index is 581. The van der Waals surface area contributed by atoms with E-state index in [1.165, 1.54) is 0 Å². The smallest absolute Gasteiger partial charge is 0.114 e. The van der Waals surface area contributed by atoms with Gasteiger partial charge in [0.25, 0.3) is 0 Å². The Hall–Kier alpha value is -2.40. The molecule has 0 saturated heterocycles. The molecule has 0 aliphatic carbocycles. The predicted octanol–water partition coefficient (Wildman–Crippen LogP) is 0.712. The molecule has 66 valence electrons. The molecule has 0 radical (unpaired) electrons. The summed E-state index contributed by atoms with van der Waals surface area (Å²) in [5.41, 5.74) is 2.06. The minimum absolute atomic E-state index is 0.334. The first-order chi connectivity index (χ1) is 6.76. The summed E-state index contributed by atoms with van der Waals surface area (Å²) in [6.07, 6.45) is 0. The summed E-state index contributed by atoms with van der Waals surface area (Å²) in [6.45, 7) is 0. The maximum atomic E-state index is 8.79. The molecule has 0 amide bonds. The highest BCUT2D eigenvalue weighted by Gasteiger charge is 2.07. The van der Waals surface area contributed by atoms with Crippen molar-refractivity contribution in [1.29, 1.82) is 10.5 Å². The molecule has 0 atom stereocenters. The van der Waals surface area contributed by atoms with E-state index in [1.54, 1.807) is 23.9 Å². The van der Waals surface area contributed by atoms with Gasteiger partial charge in [-0.15, -0.1) is 5.10 Å². The van der Waals surface area contributed by atoms with Crippen LogP contribution in [0.25, 0.3) is 11.0 Å². The Kier molecular flexibility index (Phi) is 1.66. The van der Waals surface area contributed by atoms with Crippen LogP contribution in [0.15, 0.2) is 12.1 Å². The second kappa shape index (κ2) is 2.82. The zero-order chi connectivity index (χ0) is 10.1. The van der Waals surface area contributed by atoms with Gasteiger partial charge in [0.15, 0.2) is 0 Å². The van der Waals surface area contributed by atoms with E-state index in [9.17, 15) is 0 Å². The van der Waals surface area contributed by atoms with E-state index >= 15 is 0 Å². The number of hydrogen-bond acceptors (Lipinski definition) is 4. The summed E-state index contributed by atoms with van der Waals surface area (Å²) in [4.78, 5) is 0. The van der Waals surface area contributed by atoms with Crippen molar-refractivity contribution in [3.63, 3.8) is 0 Å². The molecule has 0 fully saturated rings. The number of fused-ring (bicyclic) bond motifs is 1. The molecule has 0 aliphatic heterocycles. The Morgan fingerprint density at radius 2 is 1.86 bits per heavy atom. The largest absolute Gasteiger partial charge is 0.248 e. The molecule has 1 heterocycles. The fourth-order valence-electron chi connectivity index (χ4n) is 1.26. The normalized spacial score (nSPS) is 9.64. The minimum Gasteiger partial charge on any atom is -0.248 e. The summed E-state index contributed by atoms with van der Waals surface area (Å²) >= 11 is 0. The van der Waals surface area contributed by atoms with Crippen LogP contribution in [0.4, 0.5) is 0 Å². The SMILES string of the molecule is Cn1nnc2cc(C#N)c(C#N)cc21. The molecule has 0 N–H and O–H groups in total. The van der Waals surface area contributed by atoms with Gasteiger partial charge < -0.3 is 0 Å². The monoisotopic (exact) mass is 183 g/mol. The first kappa shape index (κ1) is 8.21. The second-order valence-corrected chi connectivity index (χ2v) is 2.82. The molecule has 2 aromatic rings. The van der Waals surface area contributed by atoms with Gasteiger partial charge in [-0.25, -0.2) is 4.68 Å². The zero-order valence-electron chi connectivity index (χ0n) is 7.39. The highest BCUT2D eigenvalue weighted by Crippen LogP contribution is 2.16. The lowest BCUT2D eigenvalue weighted by Crippen LogP contribution is -1.90. The molecule has 14 heavy (non-hydrogen) atoms. The van der Waals surface area contributed by atoms with E-state index in [0.717, 1.165) is 5.52 Å². The number of nitriles is 2. The topological polar surface area (TPSA) is 78.3 Å². The fraction of sp³-hybridized carbons (Fsp3) is 0.111. The Balaban J connectivity index is 2.88. The average molecular weight is 183 g/mol. The van der Waals surface area contributed by atoms with Crippen molar-refractivity contribution in [2.45, 2.75) is 0 Å². The lowest BCUT2D eigenvalue weighted by atomic mass is 10.1. The van der Waals surface area contributed by atoms with Gasteiger partial charge in [-0.1, -0.05) is 5.21 Å². The number of aromatic nitrogens is 3. The van der Waals surface area contributed by atoms with Crippen LogP contribution in [0.3, 0.4) is 0 Å². The molecule has 0 saturated carbocycles. The van der Waals surface area contributed by atoms with E-state index in [2.05, 4.69) is 10.3 Å². The first-order valence-electron chi connectivity index (χ1n) is 3.90. The third-order valence-corrected chi connectivity index (χ3v) is 1.99. The van der Waals surface area contributed by atoms with Crippen LogP contribution < -0.4 is 0 Å². The van der Waals surface area contributed by atoms with Gasteiger partial charge in [0.1, 0.15) is 17.7 Å². The maximum Gasteiger partial charge on any atom is 0.114 e. The van der Waals surface area contributed by atoms with Crippen LogP contribution in [0, 0.1) is 22.7 Å². The molecule has 1 aromatic carbocycles. The van der Waals surface area contributed by atoms with Crippen LogP contribution in [-0.4, -0.2) is 15.0 Å². The van der Waals surface area contributed by atoms with Gasteiger partial charge in [0.2, 0.25) is 0 Å². The zero-order valence-corrected chi connectivity index (χ0v) is 7.39. The highest BCUT2D eigenvalue weighted by molar-refractivity contribution is 5.78. The average Bonchev–Trinajstić information content (AvgIpc) is 2.58. The standard InChI is InChI=1S/C9H5N5/c1-14-9-3-7(5-11)6(4-10)2-8(9)12-13-14/h2-3H,1H3. The van der Waals surface area contributed by atoms with Crippen molar-refractivity contribution in [2.24, 2.45) is 7.05 Å². The number of hydrogen-bond donors (Lipinski definition) is 0. The third kappa shape index (κ3) is 1.00. The van der Waals surface area contributed by atoms with Gasteiger partial charge in [-0.2, -0.15) is 10.5 Å². The molecule has 0 aliphatic rings. The van der Waals surface area contributed by atoms with E-state index < -0.39 is 0 Å². The Morgan fingerprint density at radius 1 is 1.21 bits per heavy atom. The fourth-order valence-corrected chi connectivity index (χ4v) is 1.26. The quantitative estimate of drug-likeness (QED) is 0.602. The molecule has 0 bridgehead atoms. The molecular formula is C9H5N5. The van der Waals surface area contributed by atoms with E-state index in [4.69, 9.17) is 10.5 Å². The Labute approximate surface area is 79.8 Å². The van der Waals surface area contributed by atoms with Crippen LogP contribution in [0.1, 0.15) is 11.1 Å². The van der Waals surface area contributed by atoms with Crippen molar-refractivity contribution in [2.75, 3.05) is 0 Å². The van der Waals surface area contributed by atoms with Gasteiger partial charge in [0, 0.05) is 7.05 Å². The maximum absolute atomic E-state index is 8.79. The van der Waals surface area contributed by atoms with Crippen molar-refractivity contribution >= 4 is 11.0 Å². The molecule has 0 unspecified atom stereocenters. The minimum atomic E-state index is 0.334. The molecule has 1 aromatic heterocycles. The predicted molar refractivity (Wildman–Crippen MR) is 47.9 cm³/mol. The van der Waals surface area contributed by atoms with Crippen molar-refractivity contribution in [1.82, 2.24) is 15.0 Å². The summed E-state index contributed by atoms with van der Waals surface area (Å²) in [7, 11) is 1.74. The van der Waals surface area contributed by atoms with Crippen LogP contribution >= 0.6 is 0 Å². The Morgan fingerprint density at radius 3 is 2.50 bits per heavy atom.